The highest BCUT2D eigenvalue weighted by Gasteiger charge is 2.28. The second kappa shape index (κ2) is 9.39. The largest absolute Gasteiger partial charge is 0.492 e. The van der Waals surface area contributed by atoms with Crippen LogP contribution in [0.1, 0.15) is 31.2 Å². The Balaban J connectivity index is 1.60. The lowest BCUT2D eigenvalue weighted by Crippen LogP contribution is -2.29. The minimum Gasteiger partial charge on any atom is -0.492 e. The van der Waals surface area contributed by atoms with E-state index in [2.05, 4.69) is 22.6 Å². The molecule has 2 aromatic rings. The van der Waals surface area contributed by atoms with Crippen LogP contribution in [-0.2, 0) is 14.3 Å². The molecule has 4 nitrogen and oxygen atoms in total. The van der Waals surface area contributed by atoms with Crippen molar-refractivity contribution in [2.75, 3.05) is 13.2 Å². The number of ether oxygens (including phenoxy) is 1. The summed E-state index contributed by atoms with van der Waals surface area (Å²) in [5.41, 5.74) is 1.02. The van der Waals surface area contributed by atoms with Crippen molar-refractivity contribution in [1.29, 1.82) is 0 Å². The first-order valence-electron chi connectivity index (χ1n) is 9.29. The van der Waals surface area contributed by atoms with Crippen molar-refractivity contribution in [2.45, 2.75) is 37.5 Å². The van der Waals surface area contributed by atoms with Gasteiger partial charge in [-0.2, -0.15) is 8.42 Å². The Bertz CT molecular complexity index is 849. The third kappa shape index (κ3) is 5.68. The van der Waals surface area contributed by atoms with E-state index in [4.69, 9.17) is 8.92 Å². The molecule has 0 saturated heterocycles. The van der Waals surface area contributed by atoms with Gasteiger partial charge in [-0.15, -0.1) is 0 Å². The number of halogens is 1. The number of para-hydroxylation sites is 1. The molecule has 0 aromatic heterocycles. The zero-order valence-electron chi connectivity index (χ0n) is 15.4. The predicted molar refractivity (Wildman–Crippen MR) is 114 cm³/mol. The van der Waals surface area contributed by atoms with E-state index in [-0.39, 0.29) is 17.4 Å². The molecule has 0 amide bonds. The summed E-state index contributed by atoms with van der Waals surface area (Å²) in [6.07, 6.45) is 4.28. The van der Waals surface area contributed by atoms with Gasteiger partial charge in [0.05, 0.1) is 21.7 Å². The first-order chi connectivity index (χ1) is 13.0. The molecule has 0 N–H and O–H groups in total. The van der Waals surface area contributed by atoms with Crippen LogP contribution in [0.15, 0.2) is 53.4 Å². The zero-order valence-corrected chi connectivity index (χ0v) is 18.4. The Hall–Kier alpha value is -1.12. The van der Waals surface area contributed by atoms with Crippen molar-refractivity contribution < 1.29 is 17.3 Å². The summed E-state index contributed by atoms with van der Waals surface area (Å²) in [7, 11) is -3.72. The molecule has 0 spiro atoms. The van der Waals surface area contributed by atoms with Crippen LogP contribution < -0.4 is 4.74 Å². The van der Waals surface area contributed by atoms with Crippen molar-refractivity contribution in [3.63, 3.8) is 0 Å². The van der Waals surface area contributed by atoms with E-state index in [1.54, 1.807) is 24.3 Å². The summed E-state index contributed by atoms with van der Waals surface area (Å²) in [5.74, 6) is 1.39. The number of aryl methyl sites for hydroxylation is 1. The molecule has 0 aliphatic heterocycles. The van der Waals surface area contributed by atoms with Gasteiger partial charge in [0.15, 0.2) is 0 Å². The molecule has 1 aliphatic carbocycles. The zero-order chi connectivity index (χ0) is 19.3. The highest BCUT2D eigenvalue weighted by Crippen LogP contribution is 2.32. The second-order valence-corrected chi connectivity index (χ2v) is 9.88. The molecule has 2 aromatic carbocycles. The van der Waals surface area contributed by atoms with Crippen LogP contribution in [-0.4, -0.2) is 21.6 Å². The molecule has 0 heterocycles. The van der Waals surface area contributed by atoms with Gasteiger partial charge in [0.1, 0.15) is 5.75 Å². The van der Waals surface area contributed by atoms with E-state index in [1.165, 1.54) is 0 Å². The van der Waals surface area contributed by atoms with Crippen molar-refractivity contribution >= 4 is 32.7 Å². The summed E-state index contributed by atoms with van der Waals surface area (Å²) in [4.78, 5) is 0.218. The van der Waals surface area contributed by atoms with Gasteiger partial charge >= 0.3 is 0 Å². The van der Waals surface area contributed by atoms with Gasteiger partial charge in [0.2, 0.25) is 0 Å². The van der Waals surface area contributed by atoms with Gasteiger partial charge < -0.3 is 4.74 Å². The van der Waals surface area contributed by atoms with E-state index in [1.807, 2.05) is 31.2 Å². The maximum absolute atomic E-state index is 12.5. The summed E-state index contributed by atoms with van der Waals surface area (Å²) < 4.78 is 37.4. The van der Waals surface area contributed by atoms with Crippen LogP contribution in [0, 0.1) is 22.3 Å². The molecule has 1 fully saturated rings. The molecule has 6 heteroatoms. The van der Waals surface area contributed by atoms with Crippen LogP contribution in [0.2, 0.25) is 0 Å². The first-order valence-corrected chi connectivity index (χ1v) is 11.8. The molecule has 0 radical (unpaired) electrons. The van der Waals surface area contributed by atoms with E-state index in [9.17, 15) is 8.42 Å². The predicted octanol–water partition coefficient (Wildman–Crippen LogP) is 5.19. The fourth-order valence-corrected chi connectivity index (χ4v) is 4.93. The first kappa shape index (κ1) is 20.6. The fourth-order valence-electron chi connectivity index (χ4n) is 3.43. The summed E-state index contributed by atoms with van der Waals surface area (Å²) >= 11 is 2.27. The molecule has 3 rings (SSSR count). The van der Waals surface area contributed by atoms with Gasteiger partial charge in [-0.05, 0) is 78.5 Å². The SMILES string of the molecule is Cc1ccc(S(=O)(=O)OC[C@@H]2CCCC[C@H]2COc2ccccc2I)cc1. The van der Waals surface area contributed by atoms with Crippen molar-refractivity contribution in [2.24, 2.45) is 11.8 Å². The average molecular weight is 500 g/mol. The summed E-state index contributed by atoms with van der Waals surface area (Å²) in [6.45, 7) is 2.74. The van der Waals surface area contributed by atoms with Crippen LogP contribution in [0.25, 0.3) is 0 Å². The molecular weight excluding hydrogens is 475 g/mol. The molecule has 1 aliphatic rings. The van der Waals surface area contributed by atoms with Crippen LogP contribution in [0.5, 0.6) is 5.75 Å². The fraction of sp³-hybridized carbons (Fsp3) is 0.429. The maximum atomic E-state index is 12.5. The van der Waals surface area contributed by atoms with E-state index in [0.717, 1.165) is 40.6 Å². The van der Waals surface area contributed by atoms with E-state index < -0.39 is 10.1 Å². The Morgan fingerprint density at radius 2 is 1.59 bits per heavy atom. The highest BCUT2D eigenvalue weighted by atomic mass is 127. The monoisotopic (exact) mass is 500 g/mol. The second-order valence-electron chi connectivity index (χ2n) is 7.10. The standard InChI is InChI=1S/C21H25IO4S/c1-16-10-12-19(13-11-16)27(23,24)26-15-18-7-3-2-6-17(18)14-25-21-9-5-4-8-20(21)22/h4-5,8-13,17-18H,2-3,6-7,14-15H2,1H3/t17-,18-/m0/s1. The van der Waals surface area contributed by atoms with Gasteiger partial charge in [-0.3, -0.25) is 4.18 Å². The van der Waals surface area contributed by atoms with E-state index in [0.29, 0.717) is 12.5 Å². The molecular formula is C21H25IO4S. The lowest BCUT2D eigenvalue weighted by atomic mass is 9.80. The Kier molecular flexibility index (Phi) is 7.16. The minimum atomic E-state index is -3.72. The smallest absolute Gasteiger partial charge is 0.296 e. The van der Waals surface area contributed by atoms with Gasteiger partial charge in [-0.25, -0.2) is 0 Å². The highest BCUT2D eigenvalue weighted by molar-refractivity contribution is 14.1. The van der Waals surface area contributed by atoms with Crippen molar-refractivity contribution in [1.82, 2.24) is 0 Å². The number of benzene rings is 2. The Labute approximate surface area is 175 Å². The molecule has 1 saturated carbocycles. The van der Waals surface area contributed by atoms with Gasteiger partial charge in [0, 0.05) is 0 Å². The Morgan fingerprint density at radius 1 is 0.963 bits per heavy atom. The Morgan fingerprint density at radius 3 is 2.26 bits per heavy atom. The average Bonchev–Trinajstić information content (AvgIpc) is 2.67. The minimum absolute atomic E-state index is 0.195. The quantitative estimate of drug-likeness (QED) is 0.388. The van der Waals surface area contributed by atoms with Crippen LogP contribution in [0.4, 0.5) is 0 Å². The van der Waals surface area contributed by atoms with Crippen molar-refractivity contribution in [3.8, 4) is 5.75 Å². The van der Waals surface area contributed by atoms with E-state index >= 15 is 0 Å². The molecule has 2 atom stereocenters. The van der Waals surface area contributed by atoms with Crippen LogP contribution in [0.3, 0.4) is 0 Å². The van der Waals surface area contributed by atoms with Crippen molar-refractivity contribution in [3.05, 3.63) is 57.7 Å². The molecule has 27 heavy (non-hydrogen) atoms. The van der Waals surface area contributed by atoms with Gasteiger partial charge in [-0.1, -0.05) is 42.7 Å². The number of hydrogen-bond donors (Lipinski definition) is 0. The third-order valence-corrected chi connectivity index (χ3v) is 7.29. The lowest BCUT2D eigenvalue weighted by Gasteiger charge is -2.31. The number of rotatable bonds is 7. The molecule has 0 unspecified atom stereocenters. The lowest BCUT2D eigenvalue weighted by molar-refractivity contribution is 0.107. The maximum Gasteiger partial charge on any atom is 0.296 e. The summed E-state index contributed by atoms with van der Waals surface area (Å²) in [6, 6.07) is 14.7. The normalized spacial score (nSPS) is 20.4. The van der Waals surface area contributed by atoms with Crippen LogP contribution >= 0.6 is 22.6 Å². The topological polar surface area (TPSA) is 52.6 Å². The molecule has 146 valence electrons. The molecule has 0 bridgehead atoms. The van der Waals surface area contributed by atoms with Gasteiger partial charge in [0.25, 0.3) is 10.1 Å². The summed E-state index contributed by atoms with van der Waals surface area (Å²) in [5, 5.41) is 0. The third-order valence-electron chi connectivity index (χ3n) is 5.10. The number of hydrogen-bond acceptors (Lipinski definition) is 4.